The van der Waals surface area contributed by atoms with Gasteiger partial charge < -0.3 is 25.8 Å². The van der Waals surface area contributed by atoms with Crippen LogP contribution in [-0.2, 0) is 4.74 Å². The molecule has 1 aromatic rings. The lowest BCUT2D eigenvalue weighted by molar-refractivity contribution is -0.0883. The molecule has 8 heteroatoms. The molecule has 8 nitrogen and oxygen atoms in total. The van der Waals surface area contributed by atoms with Crippen LogP contribution in [0, 0.1) is 11.8 Å². The van der Waals surface area contributed by atoms with E-state index >= 15 is 0 Å². The minimum Gasteiger partial charge on any atom is -0.391 e. The van der Waals surface area contributed by atoms with Crippen molar-refractivity contribution in [1.82, 2.24) is 9.55 Å². The normalized spacial score (nSPS) is 33.3. The van der Waals surface area contributed by atoms with Gasteiger partial charge in [0.1, 0.15) is 18.0 Å². The first kappa shape index (κ1) is 15.5. The molecule has 2 rings (SSSR count). The summed E-state index contributed by atoms with van der Waals surface area (Å²) in [6.07, 6.45) is -3.66. The van der Waals surface area contributed by atoms with Gasteiger partial charge in [0.05, 0.1) is 6.10 Å². The van der Waals surface area contributed by atoms with E-state index in [1.807, 2.05) is 0 Å². The Morgan fingerprint density at radius 2 is 2.29 bits per heavy atom. The fraction of sp³-hybridized carbons (Fsp3) is 0.538. The molecule has 0 amide bonds. The number of nitrogens with zero attached hydrogens (tertiary/aromatic N) is 2. The molecule has 0 aliphatic carbocycles. The molecule has 5 N–H and O–H groups in total. The highest BCUT2D eigenvalue weighted by Gasteiger charge is 2.57. The van der Waals surface area contributed by atoms with Gasteiger partial charge in [0.2, 0.25) is 0 Å². The summed E-state index contributed by atoms with van der Waals surface area (Å²) in [6, 6.07) is 1.35. The summed E-state index contributed by atoms with van der Waals surface area (Å²) >= 11 is 0. The van der Waals surface area contributed by atoms with Crippen molar-refractivity contribution in [3.8, 4) is 11.8 Å². The Morgan fingerprint density at radius 3 is 2.81 bits per heavy atom. The smallest absolute Gasteiger partial charge is 0.351 e. The van der Waals surface area contributed by atoms with Gasteiger partial charge in [-0.15, -0.1) is 5.92 Å². The van der Waals surface area contributed by atoms with E-state index in [0.29, 0.717) is 0 Å². The van der Waals surface area contributed by atoms with E-state index in [2.05, 4.69) is 16.8 Å². The number of aliphatic hydroxyl groups excluding tert-OH is 2. The van der Waals surface area contributed by atoms with Gasteiger partial charge in [-0.05, 0) is 19.9 Å². The number of aromatic nitrogens is 2. The van der Waals surface area contributed by atoms with E-state index in [1.165, 1.54) is 26.1 Å². The molecular weight excluding hydrogens is 278 g/mol. The maximum Gasteiger partial charge on any atom is 0.351 e. The van der Waals surface area contributed by atoms with Crippen LogP contribution in [0.1, 0.15) is 20.1 Å². The fourth-order valence-corrected chi connectivity index (χ4v) is 2.32. The summed E-state index contributed by atoms with van der Waals surface area (Å²) in [5.41, 5.74) is 2.61. The van der Waals surface area contributed by atoms with E-state index in [-0.39, 0.29) is 5.82 Å². The van der Waals surface area contributed by atoms with Crippen molar-refractivity contribution in [3.63, 3.8) is 0 Å². The number of nitrogen functional groups attached to an aromatic ring is 1. The molecule has 0 spiro atoms. The van der Waals surface area contributed by atoms with E-state index in [0.717, 1.165) is 4.57 Å². The molecule has 2 heterocycles. The number of rotatable bonds is 2. The van der Waals surface area contributed by atoms with Crippen LogP contribution in [0.5, 0.6) is 0 Å². The molecule has 0 aromatic carbocycles. The predicted molar refractivity (Wildman–Crippen MR) is 72.9 cm³/mol. The summed E-state index contributed by atoms with van der Waals surface area (Å²) in [6.45, 7) is 2.88. The largest absolute Gasteiger partial charge is 0.391 e. The first-order valence-corrected chi connectivity index (χ1v) is 6.33. The van der Waals surface area contributed by atoms with Crippen LogP contribution >= 0.6 is 0 Å². The van der Waals surface area contributed by atoms with Crippen molar-refractivity contribution in [2.45, 2.75) is 44.0 Å². The third kappa shape index (κ3) is 2.52. The van der Waals surface area contributed by atoms with Crippen molar-refractivity contribution < 1.29 is 20.1 Å². The molecule has 114 valence electrons. The molecule has 1 aromatic heterocycles. The molecule has 0 saturated carbocycles. The van der Waals surface area contributed by atoms with Gasteiger partial charge in [0.25, 0.3) is 0 Å². The zero-order valence-electron chi connectivity index (χ0n) is 11.6. The highest BCUT2D eigenvalue weighted by molar-refractivity contribution is 5.26. The van der Waals surface area contributed by atoms with Crippen molar-refractivity contribution in [1.29, 1.82) is 0 Å². The fourth-order valence-electron chi connectivity index (χ4n) is 2.32. The van der Waals surface area contributed by atoms with E-state index in [9.17, 15) is 20.1 Å². The summed E-state index contributed by atoms with van der Waals surface area (Å²) in [7, 11) is 0. The predicted octanol–water partition coefficient (Wildman–Crippen LogP) is -1.78. The summed E-state index contributed by atoms with van der Waals surface area (Å²) < 4.78 is 6.42. The van der Waals surface area contributed by atoms with Gasteiger partial charge in [-0.1, -0.05) is 5.92 Å². The monoisotopic (exact) mass is 295 g/mol. The van der Waals surface area contributed by atoms with Crippen LogP contribution in [0.4, 0.5) is 5.82 Å². The summed E-state index contributed by atoms with van der Waals surface area (Å²) in [4.78, 5) is 15.4. The third-order valence-electron chi connectivity index (χ3n) is 3.33. The average Bonchev–Trinajstić information content (AvgIpc) is 2.64. The second-order valence-corrected chi connectivity index (χ2v) is 4.88. The molecule has 5 atom stereocenters. The maximum atomic E-state index is 11.9. The number of anilines is 1. The van der Waals surface area contributed by atoms with Crippen LogP contribution in [0.2, 0.25) is 0 Å². The molecule has 21 heavy (non-hydrogen) atoms. The average molecular weight is 295 g/mol. The maximum absolute atomic E-state index is 11.9. The van der Waals surface area contributed by atoms with Crippen molar-refractivity contribution in [2.24, 2.45) is 0 Å². The zero-order valence-corrected chi connectivity index (χ0v) is 11.6. The zero-order chi connectivity index (χ0) is 15.8. The SMILES string of the molecule is CC#CC1(O)[C@@H](O)[C@@H]([C@H](C)O)O[C@H]1n1ccc(N)nc1=O. The van der Waals surface area contributed by atoms with E-state index in [4.69, 9.17) is 10.5 Å². The highest BCUT2D eigenvalue weighted by Crippen LogP contribution is 2.38. The second-order valence-electron chi connectivity index (χ2n) is 4.88. The van der Waals surface area contributed by atoms with Crippen LogP contribution in [0.25, 0.3) is 0 Å². The van der Waals surface area contributed by atoms with Crippen molar-refractivity contribution in [3.05, 3.63) is 22.7 Å². The first-order chi connectivity index (χ1) is 9.81. The number of aliphatic hydroxyl groups is 3. The molecule has 1 unspecified atom stereocenters. The van der Waals surface area contributed by atoms with Crippen LogP contribution in [0.3, 0.4) is 0 Å². The Bertz CT molecular complexity index is 647. The molecule has 1 saturated heterocycles. The van der Waals surface area contributed by atoms with Crippen LogP contribution in [-0.4, -0.2) is 48.8 Å². The minimum absolute atomic E-state index is 0.0204. The molecule has 1 aliphatic heterocycles. The summed E-state index contributed by atoms with van der Waals surface area (Å²) in [5, 5.41) is 30.4. The van der Waals surface area contributed by atoms with Gasteiger partial charge in [-0.2, -0.15) is 4.98 Å². The number of ether oxygens (including phenoxy) is 1. The minimum atomic E-state index is -2.04. The molecule has 0 bridgehead atoms. The van der Waals surface area contributed by atoms with Gasteiger partial charge in [0.15, 0.2) is 11.8 Å². The lowest BCUT2D eigenvalue weighted by Crippen LogP contribution is -2.48. The Kier molecular flexibility index (Phi) is 4.02. The second kappa shape index (κ2) is 5.46. The molecule has 1 aliphatic rings. The van der Waals surface area contributed by atoms with Crippen LogP contribution in [0.15, 0.2) is 17.1 Å². The Labute approximate surface area is 120 Å². The Morgan fingerprint density at radius 1 is 1.62 bits per heavy atom. The molecule has 1 fully saturated rings. The van der Waals surface area contributed by atoms with Gasteiger partial charge >= 0.3 is 5.69 Å². The Hall–Kier alpha value is -1.92. The van der Waals surface area contributed by atoms with Gasteiger partial charge in [0, 0.05) is 6.20 Å². The van der Waals surface area contributed by atoms with E-state index in [1.54, 1.807) is 0 Å². The number of hydrogen-bond acceptors (Lipinski definition) is 7. The first-order valence-electron chi connectivity index (χ1n) is 6.33. The lowest BCUT2D eigenvalue weighted by Gasteiger charge is -2.26. The quantitative estimate of drug-likeness (QED) is 0.474. The van der Waals surface area contributed by atoms with Crippen LogP contribution < -0.4 is 11.4 Å². The third-order valence-corrected chi connectivity index (χ3v) is 3.33. The van der Waals surface area contributed by atoms with Gasteiger partial charge in [-0.3, -0.25) is 4.57 Å². The van der Waals surface area contributed by atoms with Gasteiger partial charge in [-0.25, -0.2) is 4.79 Å². The number of nitrogens with two attached hydrogens (primary N) is 1. The topological polar surface area (TPSA) is 131 Å². The van der Waals surface area contributed by atoms with E-state index < -0.39 is 35.8 Å². The lowest BCUT2D eigenvalue weighted by atomic mass is 9.93. The standard InChI is InChI=1S/C13H17N3O5/c1-3-5-13(20)10(18)9(7(2)17)21-11(13)16-6-4-8(14)15-12(16)19/h4,6-7,9-11,17-18,20H,1-2H3,(H2,14,15,19)/t7-,9+,10-,11+,13?/m0/s1. The number of hydrogen-bond donors (Lipinski definition) is 4. The molecular formula is C13H17N3O5. The highest BCUT2D eigenvalue weighted by atomic mass is 16.6. The Balaban J connectivity index is 2.54. The summed E-state index contributed by atoms with van der Waals surface area (Å²) in [5.74, 6) is 4.96. The van der Waals surface area contributed by atoms with Crippen molar-refractivity contribution in [2.75, 3.05) is 5.73 Å². The van der Waals surface area contributed by atoms with Crippen molar-refractivity contribution >= 4 is 5.82 Å². The molecule has 0 radical (unpaired) electrons.